The summed E-state index contributed by atoms with van der Waals surface area (Å²) in [5.41, 5.74) is -3.23. The van der Waals surface area contributed by atoms with Crippen LogP contribution >= 0.6 is 0 Å². The van der Waals surface area contributed by atoms with Crippen molar-refractivity contribution in [2.75, 3.05) is 7.05 Å². The maximum absolute atomic E-state index is 13.2. The number of hydrogen-bond donors (Lipinski definition) is 0. The number of nitrogens with zero attached hydrogens (tertiary/aromatic N) is 7. The zero-order valence-electron chi connectivity index (χ0n) is 17.5. The summed E-state index contributed by atoms with van der Waals surface area (Å²) in [5, 5.41) is 3.88. The van der Waals surface area contributed by atoms with Crippen LogP contribution in [0.15, 0.2) is 48.9 Å². The SMILES string of the molecule is CN1C(=O)/C(=C/n2cnc(-c3cc(C(F)(F)F)cc(C(F)(F)F)c3)n2)N(Cc2cncnc2)C1=O. The Kier molecular flexibility index (Phi) is 5.78. The minimum absolute atomic E-state index is 0.00765. The Bertz CT molecular complexity index is 1290. The average molecular weight is 497 g/mol. The lowest BCUT2D eigenvalue weighted by Crippen LogP contribution is -2.29. The van der Waals surface area contributed by atoms with E-state index in [2.05, 4.69) is 20.1 Å². The van der Waals surface area contributed by atoms with Gasteiger partial charge in [0.2, 0.25) is 0 Å². The van der Waals surface area contributed by atoms with Crippen molar-refractivity contribution >= 4 is 18.1 Å². The standard InChI is InChI=1S/C20H13F6N7O2/c1-31-17(34)15(33(18(31)35)7-11-5-27-9-28-6-11)8-32-10-29-16(30-32)12-2-13(19(21,22)23)4-14(3-12)20(24,25)26/h2-6,8-10H,7H2,1H3/b15-8-. The summed E-state index contributed by atoms with van der Waals surface area (Å²) >= 11 is 0. The lowest BCUT2D eigenvalue weighted by atomic mass is 10.0. The van der Waals surface area contributed by atoms with Gasteiger partial charge in [-0.3, -0.25) is 14.6 Å². The summed E-state index contributed by atoms with van der Waals surface area (Å²) < 4.78 is 79.8. The molecule has 4 rings (SSSR count). The Morgan fingerprint density at radius 3 is 2.11 bits per heavy atom. The van der Waals surface area contributed by atoms with Gasteiger partial charge in [-0.15, -0.1) is 5.10 Å². The first-order valence-electron chi connectivity index (χ1n) is 9.61. The van der Waals surface area contributed by atoms with Gasteiger partial charge in [-0.25, -0.2) is 24.4 Å². The number of amides is 3. The normalized spacial score (nSPS) is 16.0. The van der Waals surface area contributed by atoms with Crippen LogP contribution in [0.5, 0.6) is 0 Å². The maximum atomic E-state index is 13.2. The van der Waals surface area contributed by atoms with Crippen LogP contribution in [0.3, 0.4) is 0 Å². The van der Waals surface area contributed by atoms with E-state index in [0.29, 0.717) is 17.7 Å². The van der Waals surface area contributed by atoms with Gasteiger partial charge in [0.15, 0.2) is 5.82 Å². The molecule has 9 nitrogen and oxygen atoms in total. The second kappa shape index (κ2) is 8.48. The monoisotopic (exact) mass is 497 g/mol. The van der Waals surface area contributed by atoms with E-state index in [1.165, 1.54) is 25.8 Å². The Morgan fingerprint density at radius 2 is 1.54 bits per heavy atom. The minimum atomic E-state index is -5.04. The molecular weight excluding hydrogens is 484 g/mol. The van der Waals surface area contributed by atoms with E-state index < -0.39 is 46.8 Å². The van der Waals surface area contributed by atoms with Crippen LogP contribution in [0.2, 0.25) is 0 Å². The summed E-state index contributed by atoms with van der Waals surface area (Å²) in [6.07, 6.45) is -3.87. The summed E-state index contributed by atoms with van der Waals surface area (Å²) in [7, 11) is 1.24. The van der Waals surface area contributed by atoms with Gasteiger partial charge < -0.3 is 0 Å². The molecule has 35 heavy (non-hydrogen) atoms. The smallest absolute Gasteiger partial charge is 0.283 e. The fourth-order valence-electron chi connectivity index (χ4n) is 3.21. The summed E-state index contributed by atoms with van der Waals surface area (Å²) in [6.45, 7) is -0.0777. The van der Waals surface area contributed by atoms with Gasteiger partial charge in [0.1, 0.15) is 18.4 Å². The number of urea groups is 1. The first-order valence-corrected chi connectivity index (χ1v) is 9.61. The molecule has 1 aliphatic rings. The first kappa shape index (κ1) is 23.8. The molecule has 1 aromatic carbocycles. The number of aromatic nitrogens is 5. The van der Waals surface area contributed by atoms with E-state index in [0.717, 1.165) is 27.0 Å². The number of alkyl halides is 6. The molecule has 0 radical (unpaired) electrons. The molecule has 182 valence electrons. The molecule has 0 atom stereocenters. The molecule has 1 aliphatic heterocycles. The van der Waals surface area contributed by atoms with Gasteiger partial charge in [0.05, 0.1) is 23.9 Å². The first-order chi connectivity index (χ1) is 16.3. The predicted molar refractivity (Wildman–Crippen MR) is 105 cm³/mol. The Morgan fingerprint density at radius 1 is 0.943 bits per heavy atom. The maximum Gasteiger partial charge on any atom is 0.416 e. The van der Waals surface area contributed by atoms with Crippen molar-refractivity contribution in [2.45, 2.75) is 18.9 Å². The average Bonchev–Trinajstić information content (AvgIpc) is 3.34. The zero-order valence-corrected chi connectivity index (χ0v) is 17.5. The van der Waals surface area contributed by atoms with Crippen LogP contribution in [0.4, 0.5) is 31.1 Å². The highest BCUT2D eigenvalue weighted by Crippen LogP contribution is 2.38. The zero-order chi connectivity index (χ0) is 25.5. The Labute approximate surface area is 192 Å². The van der Waals surface area contributed by atoms with Gasteiger partial charge in [-0.1, -0.05) is 0 Å². The van der Waals surface area contributed by atoms with Crippen molar-refractivity contribution in [3.8, 4) is 11.4 Å². The lowest BCUT2D eigenvalue weighted by molar-refractivity contribution is -0.143. The lowest BCUT2D eigenvalue weighted by Gasteiger charge is -2.15. The van der Waals surface area contributed by atoms with Crippen molar-refractivity contribution < 1.29 is 35.9 Å². The molecule has 0 saturated carbocycles. The molecule has 0 bridgehead atoms. The molecule has 0 N–H and O–H groups in total. The molecule has 15 heteroatoms. The highest BCUT2D eigenvalue weighted by atomic mass is 19.4. The van der Waals surface area contributed by atoms with E-state index in [1.54, 1.807) is 0 Å². The van der Waals surface area contributed by atoms with Gasteiger partial charge in [-0.2, -0.15) is 26.3 Å². The highest BCUT2D eigenvalue weighted by Gasteiger charge is 2.39. The molecule has 1 fully saturated rings. The van der Waals surface area contributed by atoms with E-state index in [4.69, 9.17) is 0 Å². The summed E-state index contributed by atoms with van der Waals surface area (Å²) in [6, 6.07) is 0.300. The number of likely N-dealkylation sites (N-methyl/N-ethyl adjacent to an activating group) is 1. The second-order valence-corrected chi connectivity index (χ2v) is 7.34. The molecule has 0 aliphatic carbocycles. The molecular formula is C20H13F6N7O2. The van der Waals surface area contributed by atoms with Crippen molar-refractivity contribution in [3.05, 3.63) is 65.6 Å². The minimum Gasteiger partial charge on any atom is -0.283 e. The van der Waals surface area contributed by atoms with Crippen molar-refractivity contribution in [3.63, 3.8) is 0 Å². The van der Waals surface area contributed by atoms with E-state index >= 15 is 0 Å². The van der Waals surface area contributed by atoms with Crippen molar-refractivity contribution in [2.24, 2.45) is 0 Å². The number of rotatable bonds is 4. The Hall–Kier alpha value is -4.30. The van der Waals surface area contributed by atoms with Gasteiger partial charge in [-0.05, 0) is 18.2 Å². The number of carbonyl (C=O) groups is 2. The van der Waals surface area contributed by atoms with Gasteiger partial charge in [0.25, 0.3) is 5.91 Å². The number of halogens is 6. The van der Waals surface area contributed by atoms with Crippen LogP contribution in [-0.2, 0) is 23.7 Å². The molecule has 2 aromatic heterocycles. The fourth-order valence-corrected chi connectivity index (χ4v) is 3.21. The highest BCUT2D eigenvalue weighted by molar-refractivity contribution is 6.12. The van der Waals surface area contributed by atoms with Gasteiger partial charge in [0, 0.05) is 30.6 Å². The second-order valence-electron chi connectivity index (χ2n) is 7.34. The third-order valence-electron chi connectivity index (χ3n) is 4.90. The fraction of sp³-hybridized carbons (Fsp3) is 0.200. The number of hydrogen-bond acceptors (Lipinski definition) is 6. The largest absolute Gasteiger partial charge is 0.416 e. The van der Waals surface area contributed by atoms with Crippen LogP contribution < -0.4 is 0 Å². The van der Waals surface area contributed by atoms with E-state index in [1.807, 2.05) is 0 Å². The number of benzene rings is 1. The summed E-state index contributed by atoms with van der Waals surface area (Å²) in [5.74, 6) is -1.16. The number of carbonyl (C=O) groups excluding carboxylic acids is 2. The summed E-state index contributed by atoms with van der Waals surface area (Å²) in [4.78, 5) is 38.4. The molecule has 3 heterocycles. The number of imide groups is 1. The van der Waals surface area contributed by atoms with Gasteiger partial charge >= 0.3 is 18.4 Å². The van der Waals surface area contributed by atoms with Crippen molar-refractivity contribution in [1.29, 1.82) is 0 Å². The predicted octanol–water partition coefficient (Wildman–Crippen LogP) is 3.67. The van der Waals surface area contributed by atoms with E-state index in [9.17, 15) is 35.9 Å². The quantitative estimate of drug-likeness (QED) is 0.310. The third kappa shape index (κ3) is 4.83. The van der Waals surface area contributed by atoms with Crippen LogP contribution in [0.25, 0.3) is 17.6 Å². The van der Waals surface area contributed by atoms with Crippen LogP contribution in [-0.4, -0.2) is 53.5 Å². The van der Waals surface area contributed by atoms with Crippen molar-refractivity contribution in [1.82, 2.24) is 34.5 Å². The topological polar surface area (TPSA) is 97.1 Å². The molecule has 3 amide bonds. The Balaban J connectivity index is 1.72. The molecule has 3 aromatic rings. The third-order valence-corrected chi connectivity index (χ3v) is 4.90. The molecule has 0 unspecified atom stereocenters. The molecule has 1 saturated heterocycles. The molecule has 0 spiro atoms. The van der Waals surface area contributed by atoms with E-state index in [-0.39, 0.29) is 18.3 Å². The van der Waals surface area contributed by atoms with Crippen LogP contribution in [0, 0.1) is 0 Å². The van der Waals surface area contributed by atoms with Crippen LogP contribution in [0.1, 0.15) is 16.7 Å².